The summed E-state index contributed by atoms with van der Waals surface area (Å²) in [7, 11) is -3.84. The number of primary amides is 1. The van der Waals surface area contributed by atoms with Crippen LogP contribution in [0.5, 0.6) is 0 Å². The van der Waals surface area contributed by atoms with E-state index in [-0.39, 0.29) is 18.3 Å². The van der Waals surface area contributed by atoms with Crippen molar-refractivity contribution in [2.24, 2.45) is 11.7 Å². The van der Waals surface area contributed by atoms with E-state index < -0.39 is 45.4 Å². The Morgan fingerprint density at radius 2 is 1.68 bits per heavy atom. The number of hydrogen-bond donors (Lipinski definition) is 4. The third-order valence-electron chi connectivity index (χ3n) is 5.74. The first-order chi connectivity index (χ1) is 17.0. The number of amides is 1. The molecule has 1 saturated carbocycles. The molecule has 0 saturated heterocycles. The number of para-hydroxylation sites is 1. The molecule has 1 amide bonds. The Morgan fingerprint density at radius 1 is 1.00 bits per heavy atom. The minimum Gasteiger partial charge on any atom is -0.369 e. The van der Waals surface area contributed by atoms with Gasteiger partial charge in [0.15, 0.2) is 0 Å². The molecule has 0 aliphatic heterocycles. The second kappa shape index (κ2) is 11.0. The quantitative estimate of drug-likeness (QED) is 0.326. The predicted octanol–water partition coefficient (Wildman–Crippen LogP) is 4.74. The molecular formula is C24H27F3N6O3S. The Labute approximate surface area is 212 Å². The van der Waals surface area contributed by atoms with Crippen LogP contribution in [0.3, 0.4) is 0 Å². The summed E-state index contributed by atoms with van der Waals surface area (Å²) in [5, 5.41) is 5.50. The van der Waals surface area contributed by atoms with E-state index >= 15 is 0 Å². The van der Waals surface area contributed by atoms with Gasteiger partial charge in [0, 0.05) is 23.6 Å². The molecule has 0 radical (unpaired) electrons. The molecule has 5 N–H and O–H groups in total. The third-order valence-corrected chi connectivity index (χ3v) is 7.14. The molecule has 1 aliphatic rings. The van der Waals surface area contributed by atoms with E-state index in [0.29, 0.717) is 36.8 Å². The standard InChI is InChI=1S/C23H23F3N6O3S.CH4/c24-23(25,26)18-13-28-22(31-21(18)30-19-8-4-7-17(19)20(27)33)29-14-9-11-16(12-10-14)36(34,35)32-15-5-2-1-3-6-15;/h1-3,5-6,9-13,17,19,32H,4,7-8H2,(H2,27,33)(H2,28,29,30,31);1H4/t17-,19+;/m0./s1. The summed E-state index contributed by atoms with van der Waals surface area (Å²) >= 11 is 0. The van der Waals surface area contributed by atoms with Crippen molar-refractivity contribution in [3.05, 3.63) is 66.4 Å². The number of rotatable bonds is 8. The maximum atomic E-state index is 13.6. The van der Waals surface area contributed by atoms with Crippen LogP contribution in [0, 0.1) is 5.92 Å². The molecule has 198 valence electrons. The Bertz CT molecular complexity index is 1340. The fourth-order valence-corrected chi connectivity index (χ4v) is 5.03. The number of carbonyl (C=O) groups is 1. The predicted molar refractivity (Wildman–Crippen MR) is 135 cm³/mol. The topological polar surface area (TPSA) is 139 Å². The highest BCUT2D eigenvalue weighted by Gasteiger charge is 2.38. The highest BCUT2D eigenvalue weighted by molar-refractivity contribution is 7.92. The fourth-order valence-electron chi connectivity index (χ4n) is 3.98. The largest absolute Gasteiger partial charge is 0.421 e. The van der Waals surface area contributed by atoms with Gasteiger partial charge in [0.2, 0.25) is 11.9 Å². The van der Waals surface area contributed by atoms with Gasteiger partial charge in [-0.25, -0.2) is 13.4 Å². The summed E-state index contributed by atoms with van der Waals surface area (Å²) in [4.78, 5) is 19.4. The lowest BCUT2D eigenvalue weighted by atomic mass is 10.0. The van der Waals surface area contributed by atoms with Crippen molar-refractivity contribution in [2.75, 3.05) is 15.4 Å². The van der Waals surface area contributed by atoms with Crippen molar-refractivity contribution in [3.63, 3.8) is 0 Å². The number of sulfonamides is 1. The number of nitrogens with zero attached hydrogens (tertiary/aromatic N) is 2. The van der Waals surface area contributed by atoms with Gasteiger partial charge in [0.05, 0.1) is 10.8 Å². The molecule has 2 atom stereocenters. The monoisotopic (exact) mass is 536 g/mol. The molecule has 9 nitrogen and oxygen atoms in total. The average Bonchev–Trinajstić information content (AvgIpc) is 3.28. The number of nitrogens with two attached hydrogens (primary N) is 1. The molecule has 4 rings (SSSR count). The van der Waals surface area contributed by atoms with Crippen molar-refractivity contribution >= 4 is 39.1 Å². The van der Waals surface area contributed by atoms with E-state index in [1.807, 2.05) is 0 Å². The van der Waals surface area contributed by atoms with Crippen LogP contribution in [0.1, 0.15) is 32.3 Å². The Morgan fingerprint density at radius 3 is 2.30 bits per heavy atom. The number of benzene rings is 2. The molecule has 1 aromatic heterocycles. The Kier molecular flexibility index (Phi) is 8.26. The molecule has 0 unspecified atom stereocenters. The van der Waals surface area contributed by atoms with Crippen molar-refractivity contribution in [2.45, 2.75) is 43.8 Å². The van der Waals surface area contributed by atoms with Crippen LogP contribution in [0.25, 0.3) is 0 Å². The number of halogens is 3. The normalized spacial score (nSPS) is 17.5. The van der Waals surface area contributed by atoms with Gasteiger partial charge >= 0.3 is 6.18 Å². The molecule has 2 aromatic carbocycles. The fraction of sp³-hybridized carbons (Fsp3) is 0.292. The average molecular weight is 537 g/mol. The summed E-state index contributed by atoms with van der Waals surface area (Å²) in [6.45, 7) is 0. The summed E-state index contributed by atoms with van der Waals surface area (Å²) in [6.07, 6.45) is -2.46. The number of aromatic nitrogens is 2. The van der Waals surface area contributed by atoms with Crippen LogP contribution < -0.4 is 21.1 Å². The van der Waals surface area contributed by atoms with Gasteiger partial charge in [-0.1, -0.05) is 32.0 Å². The number of anilines is 4. The second-order valence-corrected chi connectivity index (χ2v) is 9.95. The maximum absolute atomic E-state index is 13.6. The molecule has 1 aliphatic carbocycles. The molecule has 1 fully saturated rings. The van der Waals surface area contributed by atoms with Crippen LogP contribution in [0.2, 0.25) is 0 Å². The zero-order chi connectivity index (χ0) is 25.9. The zero-order valence-corrected chi connectivity index (χ0v) is 19.6. The third kappa shape index (κ3) is 6.67. The van der Waals surface area contributed by atoms with Crippen molar-refractivity contribution < 1.29 is 26.4 Å². The van der Waals surface area contributed by atoms with Crippen molar-refractivity contribution in [1.82, 2.24) is 9.97 Å². The Balaban J connectivity index is 0.00000380. The van der Waals surface area contributed by atoms with E-state index in [4.69, 9.17) is 5.73 Å². The van der Waals surface area contributed by atoms with Crippen LogP contribution in [0.4, 0.5) is 36.3 Å². The summed E-state index contributed by atoms with van der Waals surface area (Å²) < 4.78 is 68.3. The van der Waals surface area contributed by atoms with Gasteiger partial charge in [-0.05, 0) is 49.2 Å². The van der Waals surface area contributed by atoms with Crippen molar-refractivity contribution in [1.29, 1.82) is 0 Å². The van der Waals surface area contributed by atoms with Gasteiger partial charge in [0.25, 0.3) is 10.0 Å². The molecule has 0 spiro atoms. The highest BCUT2D eigenvalue weighted by Crippen LogP contribution is 2.36. The minimum atomic E-state index is -4.72. The van der Waals surface area contributed by atoms with Crippen LogP contribution in [-0.4, -0.2) is 30.3 Å². The van der Waals surface area contributed by atoms with Crippen LogP contribution in [0.15, 0.2) is 65.7 Å². The highest BCUT2D eigenvalue weighted by atomic mass is 32.2. The van der Waals surface area contributed by atoms with E-state index in [1.165, 1.54) is 24.3 Å². The van der Waals surface area contributed by atoms with Crippen LogP contribution in [-0.2, 0) is 21.0 Å². The van der Waals surface area contributed by atoms with Gasteiger partial charge in [-0.2, -0.15) is 18.2 Å². The summed E-state index contributed by atoms with van der Waals surface area (Å²) in [5.74, 6) is -1.79. The van der Waals surface area contributed by atoms with E-state index in [2.05, 4.69) is 25.3 Å². The van der Waals surface area contributed by atoms with Crippen LogP contribution >= 0.6 is 0 Å². The minimum absolute atomic E-state index is 0. The lowest BCUT2D eigenvalue weighted by Crippen LogP contribution is -2.35. The number of nitrogens with one attached hydrogen (secondary N) is 3. The van der Waals surface area contributed by atoms with Gasteiger partial charge < -0.3 is 16.4 Å². The number of alkyl halides is 3. The molecular weight excluding hydrogens is 509 g/mol. The summed E-state index contributed by atoms with van der Waals surface area (Å²) in [6, 6.07) is 13.3. The Hall–Kier alpha value is -3.87. The molecule has 37 heavy (non-hydrogen) atoms. The van der Waals surface area contributed by atoms with Gasteiger partial charge in [-0.3, -0.25) is 9.52 Å². The molecule has 1 heterocycles. The SMILES string of the molecule is C.NC(=O)[C@H]1CCC[C@H]1Nc1nc(Nc2ccc(S(=O)(=O)Nc3ccccc3)cc2)ncc1C(F)(F)F. The van der Waals surface area contributed by atoms with E-state index in [0.717, 1.165) is 0 Å². The smallest absolute Gasteiger partial charge is 0.369 e. The second-order valence-electron chi connectivity index (χ2n) is 8.27. The zero-order valence-electron chi connectivity index (χ0n) is 18.8. The van der Waals surface area contributed by atoms with E-state index in [9.17, 15) is 26.4 Å². The first kappa shape index (κ1) is 27.7. The lowest BCUT2D eigenvalue weighted by molar-refractivity contribution is -0.137. The maximum Gasteiger partial charge on any atom is 0.421 e. The molecule has 3 aromatic rings. The number of hydrogen-bond acceptors (Lipinski definition) is 7. The van der Waals surface area contributed by atoms with Gasteiger partial charge in [0.1, 0.15) is 11.4 Å². The summed E-state index contributed by atoms with van der Waals surface area (Å²) in [5.41, 5.74) is 5.08. The molecule has 13 heteroatoms. The first-order valence-electron chi connectivity index (χ1n) is 11.0. The first-order valence-corrected chi connectivity index (χ1v) is 12.5. The van der Waals surface area contributed by atoms with E-state index in [1.54, 1.807) is 30.3 Å². The number of carbonyl (C=O) groups excluding carboxylic acids is 1. The van der Waals surface area contributed by atoms with Gasteiger partial charge in [-0.15, -0.1) is 0 Å². The molecule has 0 bridgehead atoms. The lowest BCUT2D eigenvalue weighted by Gasteiger charge is -2.22. The van der Waals surface area contributed by atoms with Crippen molar-refractivity contribution in [3.8, 4) is 0 Å².